The maximum absolute atomic E-state index is 12.5. The molecule has 2 fully saturated rings. The highest BCUT2D eigenvalue weighted by Gasteiger charge is 2.41. The fraction of sp³-hybridized carbons (Fsp3) is 0.588. The largest absolute Gasteiger partial charge is 0.393 e. The highest BCUT2D eigenvalue weighted by Crippen LogP contribution is 2.41. The SMILES string of the molecule is CC(O)CC1COCCN1C(=O)NC1CC1c1cccc(Cl)c1. The van der Waals surface area contributed by atoms with Gasteiger partial charge in [0.15, 0.2) is 0 Å². The first-order valence-corrected chi connectivity index (χ1v) is 8.51. The molecule has 1 aliphatic carbocycles. The fourth-order valence-corrected chi connectivity index (χ4v) is 3.41. The molecule has 5 nitrogen and oxygen atoms in total. The van der Waals surface area contributed by atoms with Crippen LogP contribution in [0.3, 0.4) is 0 Å². The Hall–Kier alpha value is -1.30. The normalized spacial score (nSPS) is 28.3. The molecule has 0 aromatic heterocycles. The van der Waals surface area contributed by atoms with E-state index in [1.165, 1.54) is 5.56 Å². The zero-order valence-electron chi connectivity index (χ0n) is 13.2. The smallest absolute Gasteiger partial charge is 0.318 e. The molecule has 2 N–H and O–H groups in total. The van der Waals surface area contributed by atoms with Crippen molar-refractivity contribution < 1.29 is 14.6 Å². The highest BCUT2D eigenvalue weighted by atomic mass is 35.5. The Balaban J connectivity index is 1.57. The molecule has 1 aliphatic heterocycles. The van der Waals surface area contributed by atoms with Gasteiger partial charge in [-0.2, -0.15) is 0 Å². The summed E-state index contributed by atoms with van der Waals surface area (Å²) in [4.78, 5) is 14.3. The van der Waals surface area contributed by atoms with Crippen molar-refractivity contribution in [1.29, 1.82) is 0 Å². The minimum atomic E-state index is -0.447. The molecule has 1 saturated heterocycles. The van der Waals surface area contributed by atoms with Gasteiger partial charge < -0.3 is 20.1 Å². The van der Waals surface area contributed by atoms with Crippen molar-refractivity contribution in [2.45, 2.75) is 43.9 Å². The third-order valence-electron chi connectivity index (χ3n) is 4.48. The van der Waals surface area contributed by atoms with Gasteiger partial charge in [-0.3, -0.25) is 0 Å². The number of urea groups is 1. The molecular formula is C17H23ClN2O3. The van der Waals surface area contributed by atoms with Gasteiger partial charge in [0.05, 0.1) is 25.4 Å². The molecule has 2 amide bonds. The van der Waals surface area contributed by atoms with Crippen LogP contribution in [0.25, 0.3) is 0 Å². The summed E-state index contributed by atoms with van der Waals surface area (Å²) in [6, 6.07) is 7.85. The molecule has 4 unspecified atom stereocenters. The van der Waals surface area contributed by atoms with Crippen molar-refractivity contribution in [3.63, 3.8) is 0 Å². The van der Waals surface area contributed by atoms with Crippen LogP contribution in [0.5, 0.6) is 0 Å². The lowest BCUT2D eigenvalue weighted by Gasteiger charge is -2.36. The van der Waals surface area contributed by atoms with Crippen LogP contribution in [0.4, 0.5) is 4.79 Å². The van der Waals surface area contributed by atoms with E-state index in [1.807, 2.05) is 24.3 Å². The number of halogens is 1. The van der Waals surface area contributed by atoms with Crippen LogP contribution in [0.2, 0.25) is 5.02 Å². The van der Waals surface area contributed by atoms with E-state index in [9.17, 15) is 9.90 Å². The first-order valence-electron chi connectivity index (χ1n) is 8.13. The molecule has 6 heteroatoms. The predicted molar refractivity (Wildman–Crippen MR) is 88.7 cm³/mol. The van der Waals surface area contributed by atoms with Gasteiger partial charge in [-0.1, -0.05) is 23.7 Å². The van der Waals surface area contributed by atoms with Crippen molar-refractivity contribution in [3.05, 3.63) is 34.9 Å². The summed E-state index contributed by atoms with van der Waals surface area (Å²) in [5.41, 5.74) is 1.17. The van der Waals surface area contributed by atoms with Gasteiger partial charge in [-0.25, -0.2) is 4.79 Å². The summed E-state index contributed by atoms with van der Waals surface area (Å²) in [7, 11) is 0. The Labute approximate surface area is 141 Å². The molecule has 4 atom stereocenters. The number of nitrogens with one attached hydrogen (secondary N) is 1. The molecule has 0 spiro atoms. The molecule has 126 valence electrons. The Morgan fingerprint density at radius 2 is 2.39 bits per heavy atom. The highest BCUT2D eigenvalue weighted by molar-refractivity contribution is 6.30. The molecule has 1 aromatic carbocycles. The number of morpholine rings is 1. The van der Waals surface area contributed by atoms with Crippen LogP contribution >= 0.6 is 11.6 Å². The molecule has 0 bridgehead atoms. The Morgan fingerprint density at radius 1 is 1.57 bits per heavy atom. The quantitative estimate of drug-likeness (QED) is 0.886. The lowest BCUT2D eigenvalue weighted by Crippen LogP contribution is -2.53. The molecular weight excluding hydrogens is 316 g/mol. The minimum absolute atomic E-state index is 0.0616. The first kappa shape index (κ1) is 16.6. The topological polar surface area (TPSA) is 61.8 Å². The molecule has 0 radical (unpaired) electrons. The van der Waals surface area contributed by atoms with Crippen molar-refractivity contribution in [2.75, 3.05) is 19.8 Å². The average Bonchev–Trinajstić information content (AvgIpc) is 3.26. The van der Waals surface area contributed by atoms with Gasteiger partial charge in [0.2, 0.25) is 0 Å². The van der Waals surface area contributed by atoms with Crippen LogP contribution in [0.1, 0.15) is 31.2 Å². The van der Waals surface area contributed by atoms with Gasteiger partial charge in [0.25, 0.3) is 0 Å². The van der Waals surface area contributed by atoms with Crippen LogP contribution in [0, 0.1) is 0 Å². The third kappa shape index (κ3) is 4.16. The Kier molecular flexibility index (Phi) is 5.09. The zero-order chi connectivity index (χ0) is 16.4. The standard InChI is InChI=1S/C17H23ClN2O3/c1-11(21)7-14-10-23-6-5-20(14)17(22)19-16-9-15(16)12-3-2-4-13(18)8-12/h2-4,8,11,14-16,21H,5-7,9-10H2,1H3,(H,19,22). The summed E-state index contributed by atoms with van der Waals surface area (Å²) in [6.45, 7) is 3.34. The maximum Gasteiger partial charge on any atom is 0.318 e. The van der Waals surface area contributed by atoms with Crippen molar-refractivity contribution >= 4 is 17.6 Å². The zero-order valence-corrected chi connectivity index (χ0v) is 14.0. The first-order chi connectivity index (χ1) is 11.0. The number of aliphatic hydroxyl groups excluding tert-OH is 1. The number of aliphatic hydroxyl groups is 1. The summed E-state index contributed by atoms with van der Waals surface area (Å²) in [6.07, 6.45) is 1.03. The summed E-state index contributed by atoms with van der Waals surface area (Å²) < 4.78 is 5.44. The summed E-state index contributed by atoms with van der Waals surface area (Å²) in [5, 5.41) is 13.4. The van der Waals surface area contributed by atoms with E-state index in [-0.39, 0.29) is 18.1 Å². The number of benzene rings is 1. The molecule has 1 aromatic rings. The molecule has 3 rings (SSSR count). The fourth-order valence-electron chi connectivity index (χ4n) is 3.21. The van der Waals surface area contributed by atoms with Gasteiger partial charge in [-0.15, -0.1) is 0 Å². The lowest BCUT2D eigenvalue weighted by molar-refractivity contribution is -0.00439. The number of rotatable bonds is 4. The lowest BCUT2D eigenvalue weighted by atomic mass is 10.1. The van der Waals surface area contributed by atoms with Crippen LogP contribution in [-0.2, 0) is 4.74 Å². The van der Waals surface area contributed by atoms with Crippen LogP contribution in [0.15, 0.2) is 24.3 Å². The van der Waals surface area contributed by atoms with Crippen molar-refractivity contribution in [3.8, 4) is 0 Å². The van der Waals surface area contributed by atoms with E-state index in [0.29, 0.717) is 32.1 Å². The van der Waals surface area contributed by atoms with Crippen molar-refractivity contribution in [2.24, 2.45) is 0 Å². The Bertz CT molecular complexity index is 567. The van der Waals surface area contributed by atoms with E-state index in [4.69, 9.17) is 16.3 Å². The van der Waals surface area contributed by atoms with Crippen LogP contribution in [-0.4, -0.2) is 54.0 Å². The van der Waals surface area contributed by atoms with E-state index in [1.54, 1.807) is 11.8 Å². The monoisotopic (exact) mass is 338 g/mol. The average molecular weight is 339 g/mol. The van der Waals surface area contributed by atoms with E-state index in [2.05, 4.69) is 5.32 Å². The number of carbonyl (C=O) groups excluding carboxylic acids is 1. The van der Waals surface area contributed by atoms with Gasteiger partial charge in [-0.05, 0) is 37.5 Å². The second-order valence-electron chi connectivity index (χ2n) is 6.46. The van der Waals surface area contributed by atoms with E-state index < -0.39 is 6.10 Å². The molecule has 23 heavy (non-hydrogen) atoms. The number of amides is 2. The van der Waals surface area contributed by atoms with Gasteiger partial charge in [0.1, 0.15) is 0 Å². The summed E-state index contributed by atoms with van der Waals surface area (Å²) >= 11 is 6.03. The predicted octanol–water partition coefficient (Wildman–Crippen LogP) is 2.38. The van der Waals surface area contributed by atoms with Crippen LogP contribution < -0.4 is 5.32 Å². The number of carbonyl (C=O) groups is 1. The number of ether oxygens (including phenoxy) is 1. The summed E-state index contributed by atoms with van der Waals surface area (Å²) in [5.74, 6) is 0.342. The number of hydrogen-bond donors (Lipinski definition) is 2. The van der Waals surface area contributed by atoms with Crippen molar-refractivity contribution in [1.82, 2.24) is 10.2 Å². The molecule has 1 heterocycles. The van der Waals surface area contributed by atoms with E-state index >= 15 is 0 Å². The third-order valence-corrected chi connectivity index (χ3v) is 4.71. The van der Waals surface area contributed by atoms with Gasteiger partial charge in [0, 0.05) is 23.5 Å². The molecule has 2 aliphatic rings. The number of nitrogens with zero attached hydrogens (tertiary/aromatic N) is 1. The van der Waals surface area contributed by atoms with E-state index in [0.717, 1.165) is 11.4 Å². The van der Waals surface area contributed by atoms with Gasteiger partial charge >= 0.3 is 6.03 Å². The Morgan fingerprint density at radius 3 is 3.13 bits per heavy atom. The number of hydrogen-bond acceptors (Lipinski definition) is 3. The second-order valence-corrected chi connectivity index (χ2v) is 6.90. The second kappa shape index (κ2) is 7.07. The molecule has 1 saturated carbocycles. The maximum atomic E-state index is 12.5. The minimum Gasteiger partial charge on any atom is -0.393 e.